The van der Waals surface area contributed by atoms with E-state index >= 15 is 0 Å². The standard InChI is InChI=1S/C24H35N5O4/c1-24(2,3)33-23(30)29-12-8-9-16(15-29)25-21-17-13-19(31-4)20(32-5)14-18(17)26-22(27-21)28-10-6-7-11-28/h13-14,16H,6-12,15H2,1-5H3,(H,25,26,27)/t16-/m1/s1. The molecule has 2 fully saturated rings. The Kier molecular flexibility index (Phi) is 6.67. The van der Waals surface area contributed by atoms with Gasteiger partial charge in [-0.15, -0.1) is 0 Å². The van der Waals surface area contributed by atoms with E-state index in [-0.39, 0.29) is 12.1 Å². The second-order valence-electron chi connectivity index (χ2n) is 9.70. The Balaban J connectivity index is 1.64. The molecule has 2 aliphatic rings. The average molecular weight is 458 g/mol. The molecule has 4 rings (SSSR count). The highest BCUT2D eigenvalue weighted by atomic mass is 16.6. The number of benzene rings is 1. The zero-order chi connectivity index (χ0) is 23.6. The molecule has 2 saturated heterocycles. The quantitative estimate of drug-likeness (QED) is 0.719. The molecule has 2 aromatic rings. The van der Waals surface area contributed by atoms with Crippen LogP contribution in [0.1, 0.15) is 46.5 Å². The van der Waals surface area contributed by atoms with Crippen LogP contribution in [0.3, 0.4) is 0 Å². The van der Waals surface area contributed by atoms with E-state index in [0.717, 1.165) is 61.4 Å². The minimum atomic E-state index is -0.513. The number of hydrogen-bond donors (Lipinski definition) is 1. The Morgan fingerprint density at radius 1 is 1.03 bits per heavy atom. The van der Waals surface area contributed by atoms with Crippen LogP contribution in [0, 0.1) is 0 Å². The number of anilines is 2. The van der Waals surface area contributed by atoms with Gasteiger partial charge in [0.05, 0.1) is 19.7 Å². The lowest BCUT2D eigenvalue weighted by Crippen LogP contribution is -2.47. The summed E-state index contributed by atoms with van der Waals surface area (Å²) in [5.74, 6) is 2.73. The number of rotatable bonds is 5. The number of piperidine rings is 1. The highest BCUT2D eigenvalue weighted by Crippen LogP contribution is 2.36. The van der Waals surface area contributed by atoms with Crippen LogP contribution in [-0.2, 0) is 4.74 Å². The second kappa shape index (κ2) is 9.49. The van der Waals surface area contributed by atoms with Crippen molar-refractivity contribution in [3.63, 3.8) is 0 Å². The van der Waals surface area contributed by atoms with Gasteiger partial charge in [0.25, 0.3) is 0 Å². The van der Waals surface area contributed by atoms with E-state index in [2.05, 4.69) is 10.2 Å². The molecule has 1 aromatic carbocycles. The molecule has 0 aliphatic carbocycles. The van der Waals surface area contributed by atoms with Gasteiger partial charge in [0.1, 0.15) is 11.4 Å². The van der Waals surface area contributed by atoms with Crippen molar-refractivity contribution in [3.05, 3.63) is 12.1 Å². The van der Waals surface area contributed by atoms with E-state index in [1.807, 2.05) is 32.9 Å². The lowest BCUT2D eigenvalue weighted by atomic mass is 10.1. The third-order valence-corrected chi connectivity index (χ3v) is 5.99. The fourth-order valence-electron chi connectivity index (χ4n) is 4.39. The van der Waals surface area contributed by atoms with Crippen LogP contribution < -0.4 is 19.7 Å². The molecule has 180 valence electrons. The van der Waals surface area contributed by atoms with Gasteiger partial charge in [-0.2, -0.15) is 4.98 Å². The molecule has 1 N–H and O–H groups in total. The van der Waals surface area contributed by atoms with Crippen LogP contribution in [0.4, 0.5) is 16.6 Å². The van der Waals surface area contributed by atoms with Crippen molar-refractivity contribution in [3.8, 4) is 11.5 Å². The first-order chi connectivity index (χ1) is 15.8. The van der Waals surface area contributed by atoms with Crippen molar-refractivity contribution in [2.45, 2.75) is 58.1 Å². The minimum absolute atomic E-state index is 0.0592. The largest absolute Gasteiger partial charge is 0.493 e. The second-order valence-corrected chi connectivity index (χ2v) is 9.70. The molecule has 3 heterocycles. The van der Waals surface area contributed by atoms with E-state index in [1.165, 1.54) is 0 Å². The number of nitrogens with one attached hydrogen (secondary N) is 1. The fourth-order valence-corrected chi connectivity index (χ4v) is 4.39. The topological polar surface area (TPSA) is 89.1 Å². The number of likely N-dealkylation sites (tertiary alicyclic amines) is 1. The predicted octanol–water partition coefficient (Wildman–Crippen LogP) is 4.06. The maximum atomic E-state index is 12.6. The van der Waals surface area contributed by atoms with Crippen LogP contribution in [0.2, 0.25) is 0 Å². The lowest BCUT2D eigenvalue weighted by molar-refractivity contribution is 0.0206. The number of aromatic nitrogens is 2. The summed E-state index contributed by atoms with van der Waals surface area (Å²) in [6.07, 6.45) is 3.85. The van der Waals surface area contributed by atoms with Gasteiger partial charge in [0.2, 0.25) is 5.95 Å². The summed E-state index contributed by atoms with van der Waals surface area (Å²) in [7, 11) is 3.24. The molecule has 0 unspecified atom stereocenters. The van der Waals surface area contributed by atoms with Crippen molar-refractivity contribution in [1.82, 2.24) is 14.9 Å². The number of methoxy groups -OCH3 is 2. The molecule has 9 heteroatoms. The van der Waals surface area contributed by atoms with Gasteiger partial charge in [-0.25, -0.2) is 9.78 Å². The number of fused-ring (bicyclic) bond motifs is 1. The molecule has 9 nitrogen and oxygen atoms in total. The number of amides is 1. The zero-order valence-corrected chi connectivity index (χ0v) is 20.3. The summed E-state index contributed by atoms with van der Waals surface area (Å²) >= 11 is 0. The normalized spacial score (nSPS) is 19.0. The van der Waals surface area contributed by atoms with Crippen LogP contribution >= 0.6 is 0 Å². The molecule has 0 radical (unpaired) electrons. The smallest absolute Gasteiger partial charge is 0.410 e. The van der Waals surface area contributed by atoms with E-state index < -0.39 is 5.60 Å². The van der Waals surface area contributed by atoms with Crippen molar-refractivity contribution < 1.29 is 19.0 Å². The first-order valence-corrected chi connectivity index (χ1v) is 11.7. The van der Waals surface area contributed by atoms with Crippen molar-refractivity contribution in [2.75, 3.05) is 50.6 Å². The number of carbonyl (C=O) groups excluding carboxylic acids is 1. The Labute approximate surface area is 195 Å². The van der Waals surface area contributed by atoms with Crippen LogP contribution in [0.15, 0.2) is 12.1 Å². The van der Waals surface area contributed by atoms with Crippen molar-refractivity contribution in [2.24, 2.45) is 0 Å². The molecule has 0 bridgehead atoms. The SMILES string of the molecule is COc1cc2nc(N3CCCC3)nc(N[C@@H]3CCCN(C(=O)OC(C)(C)C)C3)c2cc1OC. The first kappa shape index (κ1) is 23.2. The molecule has 33 heavy (non-hydrogen) atoms. The van der Waals surface area contributed by atoms with E-state index in [0.29, 0.717) is 24.6 Å². The summed E-state index contributed by atoms with van der Waals surface area (Å²) in [6, 6.07) is 3.87. The number of carbonyl (C=O) groups is 1. The van der Waals surface area contributed by atoms with E-state index in [4.69, 9.17) is 24.2 Å². The summed E-state index contributed by atoms with van der Waals surface area (Å²) in [5, 5.41) is 4.47. The summed E-state index contributed by atoms with van der Waals surface area (Å²) in [5.41, 5.74) is 0.285. The molecule has 0 spiro atoms. The average Bonchev–Trinajstić information content (AvgIpc) is 3.32. The molecular formula is C24H35N5O4. The maximum absolute atomic E-state index is 12.6. The molecule has 0 saturated carbocycles. The Hall–Kier alpha value is -2.97. The monoisotopic (exact) mass is 457 g/mol. The fraction of sp³-hybridized carbons (Fsp3) is 0.625. The van der Waals surface area contributed by atoms with E-state index in [9.17, 15) is 4.79 Å². The van der Waals surface area contributed by atoms with Gasteiger partial charge in [-0.1, -0.05) is 0 Å². The van der Waals surface area contributed by atoms with E-state index in [1.54, 1.807) is 19.1 Å². The number of hydrogen-bond acceptors (Lipinski definition) is 8. The highest BCUT2D eigenvalue weighted by molar-refractivity contribution is 5.93. The van der Waals surface area contributed by atoms with Gasteiger partial charge in [-0.05, 0) is 52.5 Å². The number of ether oxygens (including phenoxy) is 3. The molecule has 2 aliphatic heterocycles. The zero-order valence-electron chi connectivity index (χ0n) is 20.3. The van der Waals surface area contributed by atoms with Gasteiger partial charge in [-0.3, -0.25) is 0 Å². The lowest BCUT2D eigenvalue weighted by Gasteiger charge is -2.34. The maximum Gasteiger partial charge on any atom is 0.410 e. The summed E-state index contributed by atoms with van der Waals surface area (Å²) < 4.78 is 16.6. The third-order valence-electron chi connectivity index (χ3n) is 5.99. The molecule has 1 aromatic heterocycles. The molecule has 1 amide bonds. The Morgan fingerprint density at radius 2 is 1.73 bits per heavy atom. The third kappa shape index (κ3) is 5.34. The Morgan fingerprint density at radius 3 is 2.39 bits per heavy atom. The van der Waals surface area contributed by atoms with Crippen molar-refractivity contribution in [1.29, 1.82) is 0 Å². The van der Waals surface area contributed by atoms with Crippen LogP contribution in [0.25, 0.3) is 10.9 Å². The van der Waals surface area contributed by atoms with Gasteiger partial charge >= 0.3 is 6.09 Å². The van der Waals surface area contributed by atoms with Gasteiger partial charge in [0, 0.05) is 43.7 Å². The predicted molar refractivity (Wildman–Crippen MR) is 129 cm³/mol. The van der Waals surface area contributed by atoms with Gasteiger partial charge in [0.15, 0.2) is 11.5 Å². The summed E-state index contributed by atoms with van der Waals surface area (Å²) in [4.78, 5) is 26.4. The first-order valence-electron chi connectivity index (χ1n) is 11.7. The van der Waals surface area contributed by atoms with Gasteiger partial charge < -0.3 is 29.3 Å². The van der Waals surface area contributed by atoms with Crippen LogP contribution in [-0.4, -0.2) is 73.0 Å². The minimum Gasteiger partial charge on any atom is -0.493 e. The molecule has 1 atom stereocenters. The molecular weight excluding hydrogens is 422 g/mol. The van der Waals surface area contributed by atoms with Crippen LogP contribution in [0.5, 0.6) is 11.5 Å². The number of nitrogens with zero attached hydrogens (tertiary/aromatic N) is 4. The Bertz CT molecular complexity index is 1000. The van der Waals surface area contributed by atoms with Crippen molar-refractivity contribution >= 4 is 28.8 Å². The summed E-state index contributed by atoms with van der Waals surface area (Å²) in [6.45, 7) is 8.83. The highest BCUT2D eigenvalue weighted by Gasteiger charge is 2.29.